The van der Waals surface area contributed by atoms with Gasteiger partial charge in [0.1, 0.15) is 5.75 Å². The number of rotatable bonds is 2. The molecule has 2 bridgehead atoms. The van der Waals surface area contributed by atoms with Gasteiger partial charge >= 0.3 is 0 Å². The molecule has 110 valence electrons. The van der Waals surface area contributed by atoms with Crippen molar-refractivity contribution < 1.29 is 5.11 Å². The zero-order valence-electron chi connectivity index (χ0n) is 11.9. The summed E-state index contributed by atoms with van der Waals surface area (Å²) in [6.45, 7) is 3.19. The normalized spacial score (nSPS) is 23.4. The van der Waals surface area contributed by atoms with Crippen LogP contribution in [-0.4, -0.2) is 23.1 Å². The van der Waals surface area contributed by atoms with Crippen LogP contribution in [0.5, 0.6) is 5.75 Å². The van der Waals surface area contributed by atoms with Crippen molar-refractivity contribution in [3.63, 3.8) is 0 Å². The second kappa shape index (κ2) is 5.70. The van der Waals surface area contributed by atoms with Gasteiger partial charge < -0.3 is 5.11 Å². The lowest BCUT2D eigenvalue weighted by molar-refractivity contribution is 0.195. The Morgan fingerprint density at radius 2 is 1.71 bits per heavy atom. The summed E-state index contributed by atoms with van der Waals surface area (Å²) >= 11 is 0. The minimum atomic E-state index is 0. The molecule has 0 radical (unpaired) electrons. The van der Waals surface area contributed by atoms with Crippen LogP contribution in [0.4, 0.5) is 0 Å². The molecule has 1 heterocycles. The maximum atomic E-state index is 10.1. The number of fused-ring (bicyclic) bond motifs is 5. The van der Waals surface area contributed by atoms with E-state index in [1.165, 1.54) is 23.1 Å². The fourth-order valence-corrected chi connectivity index (χ4v) is 3.97. The van der Waals surface area contributed by atoms with Crippen molar-refractivity contribution in [2.75, 3.05) is 13.1 Å². The van der Waals surface area contributed by atoms with Gasteiger partial charge in [-0.05, 0) is 29.5 Å². The second-order valence-electron chi connectivity index (χ2n) is 6.09. The number of hydrogen-bond donors (Lipinski definition) is 1. The Morgan fingerprint density at radius 1 is 0.952 bits per heavy atom. The maximum Gasteiger partial charge on any atom is 0.119 e. The van der Waals surface area contributed by atoms with Gasteiger partial charge in [0.2, 0.25) is 0 Å². The molecule has 0 spiro atoms. The third kappa shape index (κ3) is 2.54. The third-order valence-electron chi connectivity index (χ3n) is 4.74. The molecular formula is C18H20ClNO. The molecule has 1 aliphatic carbocycles. The van der Waals surface area contributed by atoms with E-state index in [9.17, 15) is 5.11 Å². The first-order chi connectivity index (χ1) is 9.81. The molecule has 0 amide bonds. The van der Waals surface area contributed by atoms with Crippen LogP contribution in [0.15, 0.2) is 48.5 Å². The quantitative estimate of drug-likeness (QED) is 0.909. The first kappa shape index (κ1) is 14.4. The van der Waals surface area contributed by atoms with Crippen LogP contribution in [0.2, 0.25) is 0 Å². The van der Waals surface area contributed by atoms with Crippen LogP contribution in [0.3, 0.4) is 0 Å². The van der Waals surface area contributed by atoms with Gasteiger partial charge in [0.05, 0.1) is 0 Å². The molecule has 1 aliphatic heterocycles. The second-order valence-corrected chi connectivity index (χ2v) is 6.09. The van der Waals surface area contributed by atoms with Gasteiger partial charge in [-0.1, -0.05) is 42.5 Å². The molecule has 0 saturated carbocycles. The number of phenolic OH excluding ortho intramolecular Hbond substituents is 1. The predicted octanol–water partition coefficient (Wildman–Crippen LogP) is 3.90. The zero-order valence-corrected chi connectivity index (χ0v) is 12.7. The summed E-state index contributed by atoms with van der Waals surface area (Å²) in [6, 6.07) is 16.7. The molecule has 21 heavy (non-hydrogen) atoms. The highest BCUT2D eigenvalue weighted by molar-refractivity contribution is 5.85. The average molecular weight is 302 g/mol. The first-order valence-corrected chi connectivity index (χ1v) is 7.39. The molecule has 2 aliphatic rings. The summed E-state index contributed by atoms with van der Waals surface area (Å²) in [4.78, 5) is 2.54. The molecule has 2 aromatic carbocycles. The zero-order chi connectivity index (χ0) is 13.5. The standard InChI is InChI=1S/C18H19NO.ClH/c20-17-8-4-7-16-14-9-15(18(16)17)12-19(11-14)10-13-5-2-1-3-6-13;/h1-8,14-15,20H,9-12H2;1H. The lowest BCUT2D eigenvalue weighted by Crippen LogP contribution is -2.34. The molecule has 1 saturated heterocycles. The number of aromatic hydroxyl groups is 1. The lowest BCUT2D eigenvalue weighted by atomic mass is 9.95. The third-order valence-corrected chi connectivity index (χ3v) is 4.74. The SMILES string of the molecule is Cl.Oc1cccc2c1C1CC2CN(Cc2ccccc2)C1. The largest absolute Gasteiger partial charge is 0.508 e. The fourth-order valence-electron chi connectivity index (χ4n) is 3.97. The maximum absolute atomic E-state index is 10.1. The number of nitrogens with zero attached hydrogens (tertiary/aromatic N) is 1. The molecule has 2 aromatic rings. The average Bonchev–Trinajstić information content (AvgIpc) is 2.73. The van der Waals surface area contributed by atoms with Crippen molar-refractivity contribution in [1.82, 2.24) is 4.90 Å². The van der Waals surface area contributed by atoms with Gasteiger partial charge in [0.15, 0.2) is 0 Å². The van der Waals surface area contributed by atoms with E-state index in [2.05, 4.69) is 41.3 Å². The van der Waals surface area contributed by atoms with Crippen molar-refractivity contribution >= 4 is 12.4 Å². The Bertz CT molecular complexity index is 628. The highest BCUT2D eigenvalue weighted by atomic mass is 35.5. The van der Waals surface area contributed by atoms with Crippen LogP contribution in [0.1, 0.15) is 34.9 Å². The van der Waals surface area contributed by atoms with Gasteiger partial charge in [0.25, 0.3) is 0 Å². The lowest BCUT2D eigenvalue weighted by Gasteiger charge is -2.32. The summed E-state index contributed by atoms with van der Waals surface area (Å²) in [5.41, 5.74) is 3.97. The van der Waals surface area contributed by atoms with E-state index in [0.29, 0.717) is 17.6 Å². The van der Waals surface area contributed by atoms with Crippen LogP contribution in [-0.2, 0) is 6.54 Å². The van der Waals surface area contributed by atoms with E-state index in [4.69, 9.17) is 0 Å². The number of benzene rings is 2. The highest BCUT2D eigenvalue weighted by Crippen LogP contribution is 2.49. The molecular weight excluding hydrogens is 282 g/mol. The Kier molecular flexibility index (Phi) is 3.92. The smallest absolute Gasteiger partial charge is 0.119 e. The number of piperidine rings is 1. The number of phenols is 1. The Hall–Kier alpha value is -1.51. The van der Waals surface area contributed by atoms with E-state index in [0.717, 1.165) is 19.6 Å². The van der Waals surface area contributed by atoms with E-state index in [1.807, 2.05) is 12.1 Å². The van der Waals surface area contributed by atoms with Crippen LogP contribution < -0.4 is 0 Å². The number of likely N-dealkylation sites (tertiary alicyclic amines) is 1. The van der Waals surface area contributed by atoms with E-state index < -0.39 is 0 Å². The van der Waals surface area contributed by atoms with Crippen molar-refractivity contribution in [2.24, 2.45) is 0 Å². The van der Waals surface area contributed by atoms with Crippen LogP contribution in [0, 0.1) is 0 Å². The van der Waals surface area contributed by atoms with Crippen molar-refractivity contribution in [3.8, 4) is 5.75 Å². The van der Waals surface area contributed by atoms with Crippen LogP contribution in [0.25, 0.3) is 0 Å². The fraction of sp³-hybridized carbons (Fsp3) is 0.333. The van der Waals surface area contributed by atoms with Crippen LogP contribution >= 0.6 is 12.4 Å². The van der Waals surface area contributed by atoms with E-state index in [1.54, 1.807) is 0 Å². The molecule has 4 rings (SSSR count). The van der Waals surface area contributed by atoms with Gasteiger partial charge in [-0.15, -0.1) is 12.4 Å². The van der Waals surface area contributed by atoms with Gasteiger partial charge in [0, 0.05) is 31.1 Å². The summed E-state index contributed by atoms with van der Waals surface area (Å²) < 4.78 is 0. The molecule has 2 unspecified atom stereocenters. The Labute approximate surface area is 131 Å². The molecule has 0 aromatic heterocycles. The van der Waals surface area contributed by atoms with Gasteiger partial charge in [-0.25, -0.2) is 0 Å². The van der Waals surface area contributed by atoms with E-state index in [-0.39, 0.29) is 12.4 Å². The van der Waals surface area contributed by atoms with Crippen molar-refractivity contribution in [3.05, 3.63) is 65.2 Å². The molecule has 2 nitrogen and oxygen atoms in total. The summed E-state index contributed by atoms with van der Waals surface area (Å²) in [5, 5.41) is 10.1. The van der Waals surface area contributed by atoms with E-state index >= 15 is 0 Å². The van der Waals surface area contributed by atoms with Gasteiger partial charge in [-0.2, -0.15) is 0 Å². The minimum absolute atomic E-state index is 0. The topological polar surface area (TPSA) is 23.5 Å². The first-order valence-electron chi connectivity index (χ1n) is 7.39. The van der Waals surface area contributed by atoms with Gasteiger partial charge in [-0.3, -0.25) is 4.90 Å². The Morgan fingerprint density at radius 3 is 2.52 bits per heavy atom. The summed E-state index contributed by atoms with van der Waals surface area (Å²) in [5.74, 6) is 1.60. The molecule has 2 atom stereocenters. The van der Waals surface area contributed by atoms with Crippen molar-refractivity contribution in [2.45, 2.75) is 24.8 Å². The Balaban J connectivity index is 0.00000132. The minimum Gasteiger partial charge on any atom is -0.508 e. The monoisotopic (exact) mass is 301 g/mol. The van der Waals surface area contributed by atoms with Crippen molar-refractivity contribution in [1.29, 1.82) is 0 Å². The predicted molar refractivity (Wildman–Crippen MR) is 87.2 cm³/mol. The number of hydrogen-bond acceptors (Lipinski definition) is 2. The molecule has 1 fully saturated rings. The summed E-state index contributed by atoms with van der Waals surface area (Å²) in [6.07, 6.45) is 1.21. The number of halogens is 1. The molecule has 1 N–H and O–H groups in total. The molecule has 3 heteroatoms. The summed E-state index contributed by atoms with van der Waals surface area (Å²) in [7, 11) is 0. The highest BCUT2D eigenvalue weighted by Gasteiger charge is 2.38.